The maximum Gasteiger partial charge on any atom is 0.0597 e. The largest absolute Gasteiger partial charge is 0.381 e. The summed E-state index contributed by atoms with van der Waals surface area (Å²) in [5, 5.41) is 4.49. The first-order valence-electron chi connectivity index (χ1n) is 10.2. The van der Waals surface area contributed by atoms with E-state index >= 15 is 0 Å². The molecule has 0 amide bonds. The molecule has 27 heavy (non-hydrogen) atoms. The topological polar surface area (TPSA) is 44.5 Å². The summed E-state index contributed by atoms with van der Waals surface area (Å²) in [7, 11) is 2.04. The molecule has 6 heteroatoms. The molecule has 0 unspecified atom stereocenters. The second kappa shape index (κ2) is 8.59. The summed E-state index contributed by atoms with van der Waals surface area (Å²) >= 11 is 0. The number of hydrogen-bond donors (Lipinski definition) is 0. The molecular weight excluding hydrogens is 340 g/mol. The lowest BCUT2D eigenvalue weighted by atomic mass is 10.0. The van der Waals surface area contributed by atoms with Crippen molar-refractivity contribution in [2.45, 2.75) is 45.3 Å². The molecule has 0 spiro atoms. The van der Waals surface area contributed by atoms with Crippen LogP contribution in [0.2, 0.25) is 0 Å². The Balaban J connectivity index is 1.32. The van der Waals surface area contributed by atoms with Crippen molar-refractivity contribution in [3.05, 3.63) is 41.5 Å². The number of fused-ring (bicyclic) bond motifs is 1. The maximum absolute atomic E-state index is 6.04. The van der Waals surface area contributed by atoms with E-state index in [9.17, 15) is 0 Å². The van der Waals surface area contributed by atoms with Gasteiger partial charge in [-0.3, -0.25) is 9.58 Å². The molecule has 1 fully saturated rings. The van der Waals surface area contributed by atoms with E-state index < -0.39 is 0 Å². The lowest BCUT2D eigenvalue weighted by molar-refractivity contribution is 0.0159. The highest BCUT2D eigenvalue weighted by Crippen LogP contribution is 2.26. The smallest absolute Gasteiger partial charge is 0.0597 e. The van der Waals surface area contributed by atoms with Crippen molar-refractivity contribution in [1.82, 2.24) is 19.2 Å². The van der Waals surface area contributed by atoms with E-state index in [1.165, 1.54) is 11.4 Å². The molecule has 4 rings (SSSR count). The van der Waals surface area contributed by atoms with Crippen LogP contribution < -0.4 is 0 Å². The summed E-state index contributed by atoms with van der Waals surface area (Å²) in [5.41, 5.74) is 3.77. The van der Waals surface area contributed by atoms with Crippen LogP contribution in [0.1, 0.15) is 42.4 Å². The molecule has 6 nitrogen and oxygen atoms in total. The van der Waals surface area contributed by atoms with Crippen LogP contribution in [0.3, 0.4) is 0 Å². The number of hydrogen-bond acceptors (Lipinski definition) is 4. The van der Waals surface area contributed by atoms with E-state index in [1.54, 1.807) is 0 Å². The predicted molar refractivity (Wildman–Crippen MR) is 105 cm³/mol. The fourth-order valence-corrected chi connectivity index (χ4v) is 4.37. The molecule has 0 radical (unpaired) electrons. The third kappa shape index (κ3) is 4.62. The van der Waals surface area contributed by atoms with Gasteiger partial charge < -0.3 is 14.0 Å². The average molecular weight is 373 g/mol. The zero-order valence-corrected chi connectivity index (χ0v) is 16.6. The molecule has 2 aromatic heterocycles. The first-order valence-corrected chi connectivity index (χ1v) is 10.2. The van der Waals surface area contributed by atoms with E-state index in [1.807, 2.05) is 11.7 Å². The van der Waals surface area contributed by atoms with Crippen LogP contribution >= 0.6 is 0 Å². The summed E-state index contributed by atoms with van der Waals surface area (Å²) in [5.74, 6) is 0.678. The van der Waals surface area contributed by atoms with Gasteiger partial charge in [0.25, 0.3) is 0 Å². The minimum atomic E-state index is 0.479. The van der Waals surface area contributed by atoms with Crippen LogP contribution in [0.25, 0.3) is 0 Å². The Morgan fingerprint density at radius 3 is 2.93 bits per heavy atom. The summed E-state index contributed by atoms with van der Waals surface area (Å²) in [6.45, 7) is 8.57. The second-order valence-corrected chi connectivity index (χ2v) is 8.05. The normalized spacial score (nSPS) is 21.5. The summed E-state index contributed by atoms with van der Waals surface area (Å²) < 4.78 is 15.9. The van der Waals surface area contributed by atoms with Gasteiger partial charge in [0, 0.05) is 71.0 Å². The van der Waals surface area contributed by atoms with Gasteiger partial charge in [0.2, 0.25) is 0 Å². The Kier molecular flexibility index (Phi) is 5.95. The molecular formula is C21H32N4O2. The van der Waals surface area contributed by atoms with Crippen LogP contribution in [-0.4, -0.2) is 52.2 Å². The molecule has 1 saturated heterocycles. The quantitative estimate of drug-likeness (QED) is 0.701. The molecule has 2 aliphatic heterocycles. The van der Waals surface area contributed by atoms with Crippen molar-refractivity contribution in [3.8, 4) is 0 Å². The van der Waals surface area contributed by atoms with Gasteiger partial charge in [-0.15, -0.1) is 0 Å². The standard InChI is InChI=1S/C21H32N4O2/c1-17-12-21(23(2)22-17)15-24-13-19-4-3-8-25(19)20(14-24)7-11-27-16-18-5-9-26-10-6-18/h3-4,8,12,18,20H,5-7,9-11,13-16H2,1-2H3/t20-/m0/s1. The van der Waals surface area contributed by atoms with Crippen molar-refractivity contribution in [2.24, 2.45) is 13.0 Å². The van der Waals surface area contributed by atoms with Crippen molar-refractivity contribution in [2.75, 3.05) is 33.0 Å². The van der Waals surface area contributed by atoms with Crippen LogP contribution in [0.5, 0.6) is 0 Å². The Morgan fingerprint density at radius 1 is 1.30 bits per heavy atom. The van der Waals surface area contributed by atoms with Gasteiger partial charge in [-0.25, -0.2) is 0 Å². The third-order valence-electron chi connectivity index (χ3n) is 5.89. The third-order valence-corrected chi connectivity index (χ3v) is 5.89. The van der Waals surface area contributed by atoms with Gasteiger partial charge in [-0.1, -0.05) is 0 Å². The molecule has 2 aliphatic rings. The lowest BCUT2D eigenvalue weighted by Crippen LogP contribution is -2.37. The Hall–Kier alpha value is -1.63. The zero-order chi connectivity index (χ0) is 18.6. The first kappa shape index (κ1) is 18.7. The van der Waals surface area contributed by atoms with Gasteiger partial charge >= 0.3 is 0 Å². The molecule has 0 saturated carbocycles. The average Bonchev–Trinajstić information content (AvgIpc) is 3.25. The minimum Gasteiger partial charge on any atom is -0.381 e. The van der Waals surface area contributed by atoms with E-state index in [2.05, 4.69) is 45.9 Å². The predicted octanol–water partition coefficient (Wildman–Crippen LogP) is 2.92. The summed E-state index contributed by atoms with van der Waals surface area (Å²) in [4.78, 5) is 2.54. The lowest BCUT2D eigenvalue weighted by Gasteiger charge is -2.35. The van der Waals surface area contributed by atoms with Crippen LogP contribution in [-0.2, 0) is 29.6 Å². The molecule has 2 aromatic rings. The molecule has 0 aromatic carbocycles. The van der Waals surface area contributed by atoms with Gasteiger partial charge in [0.15, 0.2) is 0 Å². The zero-order valence-electron chi connectivity index (χ0n) is 16.6. The summed E-state index contributed by atoms with van der Waals surface area (Å²) in [6, 6.07) is 7.09. The summed E-state index contributed by atoms with van der Waals surface area (Å²) in [6.07, 6.45) is 5.57. The molecule has 0 aliphatic carbocycles. The Morgan fingerprint density at radius 2 is 2.15 bits per heavy atom. The Labute approximate surface area is 162 Å². The molecule has 1 atom stereocenters. The second-order valence-electron chi connectivity index (χ2n) is 8.05. The van der Waals surface area contributed by atoms with Crippen molar-refractivity contribution < 1.29 is 9.47 Å². The van der Waals surface area contributed by atoms with E-state index in [4.69, 9.17) is 9.47 Å². The first-order chi connectivity index (χ1) is 13.2. The number of aromatic nitrogens is 3. The minimum absolute atomic E-state index is 0.479. The number of rotatable bonds is 7. The van der Waals surface area contributed by atoms with E-state index in [-0.39, 0.29) is 0 Å². The van der Waals surface area contributed by atoms with Crippen LogP contribution in [0.15, 0.2) is 24.4 Å². The van der Waals surface area contributed by atoms with Gasteiger partial charge in [0.1, 0.15) is 0 Å². The monoisotopic (exact) mass is 372 g/mol. The van der Waals surface area contributed by atoms with E-state index in [0.717, 1.165) is 71.0 Å². The Bertz CT molecular complexity index is 732. The van der Waals surface area contributed by atoms with Crippen molar-refractivity contribution >= 4 is 0 Å². The van der Waals surface area contributed by atoms with Crippen LogP contribution in [0, 0.1) is 12.8 Å². The molecule has 4 heterocycles. The highest BCUT2D eigenvalue weighted by Gasteiger charge is 2.25. The van der Waals surface area contributed by atoms with Gasteiger partial charge in [-0.2, -0.15) is 5.10 Å². The number of ether oxygens (including phenoxy) is 2. The molecule has 148 valence electrons. The van der Waals surface area contributed by atoms with Crippen molar-refractivity contribution in [3.63, 3.8) is 0 Å². The highest BCUT2D eigenvalue weighted by atomic mass is 16.5. The number of aryl methyl sites for hydroxylation is 2. The maximum atomic E-state index is 6.04. The fraction of sp³-hybridized carbons (Fsp3) is 0.667. The molecule has 0 bridgehead atoms. The SMILES string of the molecule is Cc1cc(CN2Cc3cccn3[C@@H](CCOCC3CCOCC3)C2)n(C)n1. The van der Waals surface area contributed by atoms with Crippen molar-refractivity contribution in [1.29, 1.82) is 0 Å². The fourth-order valence-electron chi connectivity index (χ4n) is 4.37. The highest BCUT2D eigenvalue weighted by molar-refractivity contribution is 5.13. The molecule has 0 N–H and O–H groups in total. The van der Waals surface area contributed by atoms with E-state index in [0.29, 0.717) is 12.0 Å². The van der Waals surface area contributed by atoms with Gasteiger partial charge in [0.05, 0.1) is 11.4 Å². The number of nitrogens with zero attached hydrogens (tertiary/aromatic N) is 4. The van der Waals surface area contributed by atoms with Crippen LogP contribution in [0.4, 0.5) is 0 Å². The van der Waals surface area contributed by atoms with Gasteiger partial charge in [-0.05, 0) is 50.3 Å².